The van der Waals surface area contributed by atoms with Gasteiger partial charge in [0, 0.05) is 17.4 Å². The van der Waals surface area contributed by atoms with E-state index in [-0.39, 0.29) is 11.7 Å². The molecule has 0 bridgehead atoms. The lowest BCUT2D eigenvalue weighted by molar-refractivity contribution is 0.0997. The highest BCUT2D eigenvalue weighted by atomic mass is 32.1. The van der Waals surface area contributed by atoms with Crippen molar-refractivity contribution < 1.29 is 9.21 Å². The third kappa shape index (κ3) is 3.36. The highest BCUT2D eigenvalue weighted by molar-refractivity contribution is 7.19. The summed E-state index contributed by atoms with van der Waals surface area (Å²) in [5, 5.41) is 3.30. The van der Waals surface area contributed by atoms with E-state index in [0.717, 1.165) is 16.0 Å². The maximum Gasteiger partial charge on any atom is 0.293 e. The molecule has 0 fully saturated rings. The summed E-state index contributed by atoms with van der Waals surface area (Å²) < 4.78 is 5.66. The lowest BCUT2D eigenvalue weighted by Gasteiger charge is -2.00. The maximum absolute atomic E-state index is 12.4. The van der Waals surface area contributed by atoms with E-state index in [1.54, 1.807) is 30.5 Å². The number of aromatic nitrogens is 1. The molecule has 0 aliphatic carbocycles. The van der Waals surface area contributed by atoms with Crippen LogP contribution in [0.5, 0.6) is 0 Å². The minimum atomic E-state index is -0.339. The molecule has 0 aliphatic heterocycles. The molecular formula is C20H15N3O2S. The van der Waals surface area contributed by atoms with Gasteiger partial charge in [-0.25, -0.2) is 4.98 Å². The number of benzene rings is 2. The van der Waals surface area contributed by atoms with Gasteiger partial charge in [-0.15, -0.1) is 0 Å². The molecule has 3 N–H and O–H groups in total. The molecule has 0 unspecified atom stereocenters. The van der Waals surface area contributed by atoms with Gasteiger partial charge in [0.15, 0.2) is 10.9 Å². The van der Waals surface area contributed by atoms with Crippen LogP contribution < -0.4 is 11.1 Å². The smallest absolute Gasteiger partial charge is 0.293 e. The van der Waals surface area contributed by atoms with E-state index in [9.17, 15) is 4.79 Å². The van der Waals surface area contributed by atoms with Crippen LogP contribution >= 0.6 is 11.3 Å². The standard InChI is InChI=1S/C20H15N3O2S/c21-15-8-4-7-14(11-15)16-9-10-17(25-16)19(24)23-20-22-12-18(26-20)13-5-2-1-3-6-13/h1-12H,21H2,(H,22,23,24). The highest BCUT2D eigenvalue weighted by Gasteiger charge is 2.14. The van der Waals surface area contributed by atoms with Crippen molar-refractivity contribution in [3.8, 4) is 21.8 Å². The second-order valence-corrected chi connectivity index (χ2v) is 6.67. The summed E-state index contributed by atoms with van der Waals surface area (Å²) in [6.07, 6.45) is 1.75. The third-order valence-electron chi connectivity index (χ3n) is 3.79. The van der Waals surface area contributed by atoms with E-state index < -0.39 is 0 Å². The van der Waals surface area contributed by atoms with Gasteiger partial charge in [-0.1, -0.05) is 53.8 Å². The molecule has 26 heavy (non-hydrogen) atoms. The zero-order chi connectivity index (χ0) is 17.9. The van der Waals surface area contributed by atoms with Gasteiger partial charge in [-0.2, -0.15) is 0 Å². The number of nitrogens with zero attached hydrogens (tertiary/aromatic N) is 1. The van der Waals surface area contributed by atoms with Crippen LogP contribution in [0.25, 0.3) is 21.8 Å². The summed E-state index contributed by atoms with van der Waals surface area (Å²) in [6.45, 7) is 0. The number of amides is 1. The lowest BCUT2D eigenvalue weighted by atomic mass is 10.1. The number of nitrogen functional groups attached to an aromatic ring is 1. The van der Waals surface area contributed by atoms with Crippen LogP contribution in [0, 0.1) is 0 Å². The Bertz CT molecular complexity index is 1050. The first-order chi connectivity index (χ1) is 12.7. The number of carbonyl (C=O) groups is 1. The molecule has 0 radical (unpaired) electrons. The van der Waals surface area contributed by atoms with Crippen LogP contribution in [0.15, 0.2) is 77.3 Å². The van der Waals surface area contributed by atoms with Crippen LogP contribution in [-0.4, -0.2) is 10.9 Å². The fourth-order valence-corrected chi connectivity index (χ4v) is 3.35. The monoisotopic (exact) mass is 361 g/mol. The zero-order valence-corrected chi connectivity index (χ0v) is 14.5. The molecule has 2 heterocycles. The van der Waals surface area contributed by atoms with E-state index in [0.29, 0.717) is 16.6 Å². The first-order valence-corrected chi connectivity index (χ1v) is 8.79. The van der Waals surface area contributed by atoms with Crippen molar-refractivity contribution in [2.75, 3.05) is 11.1 Å². The second kappa shape index (κ2) is 6.85. The van der Waals surface area contributed by atoms with Crippen molar-refractivity contribution in [1.82, 2.24) is 4.98 Å². The Hall–Kier alpha value is -3.38. The van der Waals surface area contributed by atoms with Gasteiger partial charge >= 0.3 is 0 Å². The lowest BCUT2D eigenvalue weighted by Crippen LogP contribution is -2.10. The molecule has 2 aromatic carbocycles. The molecule has 6 heteroatoms. The van der Waals surface area contributed by atoms with Crippen molar-refractivity contribution >= 4 is 28.1 Å². The Kier molecular flexibility index (Phi) is 4.25. The van der Waals surface area contributed by atoms with Crippen molar-refractivity contribution in [3.05, 3.63) is 78.7 Å². The van der Waals surface area contributed by atoms with Crippen molar-refractivity contribution in [3.63, 3.8) is 0 Å². The Morgan fingerprint density at radius 3 is 2.62 bits per heavy atom. The maximum atomic E-state index is 12.4. The van der Waals surface area contributed by atoms with Gasteiger partial charge in [-0.3, -0.25) is 10.1 Å². The Labute approximate surface area is 154 Å². The number of carbonyl (C=O) groups excluding carboxylic acids is 1. The van der Waals surface area contributed by atoms with E-state index in [4.69, 9.17) is 10.2 Å². The number of furan rings is 1. The molecule has 0 saturated carbocycles. The van der Waals surface area contributed by atoms with Gasteiger partial charge in [0.1, 0.15) is 5.76 Å². The predicted molar refractivity (Wildman–Crippen MR) is 104 cm³/mol. The molecule has 4 aromatic rings. The minimum Gasteiger partial charge on any atom is -0.451 e. The normalized spacial score (nSPS) is 10.6. The Morgan fingerprint density at radius 2 is 1.81 bits per heavy atom. The number of rotatable bonds is 4. The topological polar surface area (TPSA) is 81.2 Å². The van der Waals surface area contributed by atoms with Crippen LogP contribution in [0.3, 0.4) is 0 Å². The average molecular weight is 361 g/mol. The van der Waals surface area contributed by atoms with E-state index in [1.807, 2.05) is 42.5 Å². The van der Waals surface area contributed by atoms with Crippen molar-refractivity contribution in [2.24, 2.45) is 0 Å². The molecule has 0 aliphatic rings. The molecule has 5 nitrogen and oxygen atoms in total. The first kappa shape index (κ1) is 16.1. The van der Waals surface area contributed by atoms with Gasteiger partial charge in [0.2, 0.25) is 0 Å². The summed E-state index contributed by atoms with van der Waals surface area (Å²) in [5.41, 5.74) is 8.31. The van der Waals surface area contributed by atoms with Gasteiger partial charge < -0.3 is 10.2 Å². The summed E-state index contributed by atoms with van der Waals surface area (Å²) in [5.74, 6) is 0.472. The second-order valence-electron chi connectivity index (χ2n) is 5.64. The summed E-state index contributed by atoms with van der Waals surface area (Å²) in [4.78, 5) is 17.7. The quantitative estimate of drug-likeness (QED) is 0.506. The number of hydrogen-bond donors (Lipinski definition) is 2. The van der Waals surface area contributed by atoms with Gasteiger partial charge in [0.05, 0.1) is 4.88 Å². The van der Waals surface area contributed by atoms with Gasteiger partial charge in [0.25, 0.3) is 5.91 Å². The zero-order valence-electron chi connectivity index (χ0n) is 13.7. The number of hydrogen-bond acceptors (Lipinski definition) is 5. The van der Waals surface area contributed by atoms with E-state index in [1.165, 1.54) is 11.3 Å². The highest BCUT2D eigenvalue weighted by Crippen LogP contribution is 2.29. The van der Waals surface area contributed by atoms with Crippen molar-refractivity contribution in [2.45, 2.75) is 0 Å². The van der Waals surface area contributed by atoms with Gasteiger partial charge in [-0.05, 0) is 29.8 Å². The Morgan fingerprint density at radius 1 is 1.00 bits per heavy atom. The summed E-state index contributed by atoms with van der Waals surface area (Å²) in [6, 6.07) is 20.6. The molecule has 2 aromatic heterocycles. The predicted octanol–water partition coefficient (Wildman–Crippen LogP) is 4.90. The SMILES string of the molecule is Nc1cccc(-c2ccc(C(=O)Nc3ncc(-c4ccccc4)s3)o2)c1. The van der Waals surface area contributed by atoms with Crippen LogP contribution in [-0.2, 0) is 0 Å². The molecule has 1 amide bonds. The first-order valence-electron chi connectivity index (χ1n) is 7.97. The average Bonchev–Trinajstić information content (AvgIpc) is 3.32. The summed E-state index contributed by atoms with van der Waals surface area (Å²) >= 11 is 1.41. The van der Waals surface area contributed by atoms with E-state index >= 15 is 0 Å². The third-order valence-corrected chi connectivity index (χ3v) is 4.75. The molecule has 0 atom stereocenters. The molecular weight excluding hydrogens is 346 g/mol. The van der Waals surface area contributed by atoms with Crippen LogP contribution in [0.2, 0.25) is 0 Å². The van der Waals surface area contributed by atoms with Crippen LogP contribution in [0.1, 0.15) is 10.6 Å². The number of anilines is 2. The molecule has 0 spiro atoms. The van der Waals surface area contributed by atoms with Crippen molar-refractivity contribution in [1.29, 1.82) is 0 Å². The minimum absolute atomic E-state index is 0.221. The largest absolute Gasteiger partial charge is 0.451 e. The fourth-order valence-electron chi connectivity index (χ4n) is 2.53. The molecule has 128 valence electrons. The Balaban J connectivity index is 1.50. The number of nitrogens with two attached hydrogens (primary N) is 1. The molecule has 4 rings (SSSR count). The van der Waals surface area contributed by atoms with E-state index in [2.05, 4.69) is 10.3 Å². The molecule has 0 saturated heterocycles. The summed E-state index contributed by atoms with van der Waals surface area (Å²) in [7, 11) is 0. The number of nitrogens with one attached hydrogen (secondary N) is 1. The fraction of sp³-hybridized carbons (Fsp3) is 0. The van der Waals surface area contributed by atoms with Crippen LogP contribution in [0.4, 0.5) is 10.8 Å². The number of thiazole rings is 1.